The normalized spacial score (nSPS) is 23.4. The van der Waals surface area contributed by atoms with E-state index in [0.29, 0.717) is 12.0 Å². The molecule has 0 radical (unpaired) electrons. The van der Waals surface area contributed by atoms with Gasteiger partial charge in [0.25, 0.3) is 0 Å². The number of phenols is 2. The number of aliphatic carboxylic acids is 1. The highest BCUT2D eigenvalue weighted by molar-refractivity contribution is 5.99. The summed E-state index contributed by atoms with van der Waals surface area (Å²) in [6.07, 6.45) is -5.90. The smallest absolute Gasteiger partial charge is 0.333 e. The third-order valence-corrected chi connectivity index (χ3v) is 6.15. The fourth-order valence-corrected chi connectivity index (χ4v) is 4.08. The van der Waals surface area contributed by atoms with Gasteiger partial charge < -0.3 is 40.1 Å². The number of aryl methyl sites for hydroxylation is 2. The van der Waals surface area contributed by atoms with Crippen LogP contribution in [0.1, 0.15) is 30.4 Å². The molecule has 1 aliphatic heterocycles. The molecule has 3 rings (SSSR count). The second-order valence-electron chi connectivity index (χ2n) is 8.93. The monoisotopic (exact) mass is 518 g/mol. The topological polar surface area (TPSA) is 191 Å². The number of phenolic OH excluding ortho intramolecular Hbond substituents is 2. The van der Waals surface area contributed by atoms with Crippen LogP contribution in [0.15, 0.2) is 42.5 Å². The summed E-state index contributed by atoms with van der Waals surface area (Å²) in [5.41, 5.74) is 1.37. The molecule has 2 aromatic rings. The van der Waals surface area contributed by atoms with Crippen molar-refractivity contribution in [3.63, 3.8) is 0 Å². The number of carbonyl (C=O) groups excluding carboxylic acids is 2. The number of aliphatic hydroxyl groups excluding tert-OH is 3. The van der Waals surface area contributed by atoms with Crippen LogP contribution < -0.4 is 4.74 Å². The average molecular weight is 519 g/mol. The van der Waals surface area contributed by atoms with E-state index in [1.54, 1.807) is 24.3 Å². The highest BCUT2D eigenvalue weighted by Gasteiger charge is 2.48. The van der Waals surface area contributed by atoms with Crippen molar-refractivity contribution in [2.75, 3.05) is 6.61 Å². The second kappa shape index (κ2) is 12.6. The van der Waals surface area contributed by atoms with Gasteiger partial charge in [0.15, 0.2) is 17.6 Å². The van der Waals surface area contributed by atoms with Crippen molar-refractivity contribution in [3.8, 4) is 17.2 Å². The van der Waals surface area contributed by atoms with Crippen molar-refractivity contribution in [1.82, 2.24) is 0 Å². The molecule has 37 heavy (non-hydrogen) atoms. The van der Waals surface area contributed by atoms with Crippen LogP contribution in [-0.4, -0.2) is 79.4 Å². The molecule has 11 nitrogen and oxygen atoms in total. The third-order valence-electron chi connectivity index (χ3n) is 6.15. The molecular formula is C26H30O11. The Bertz CT molecular complexity index is 1120. The molecule has 200 valence electrons. The number of benzene rings is 2. The predicted octanol–water partition coefficient (Wildman–Crippen LogP) is 0.710. The van der Waals surface area contributed by atoms with Gasteiger partial charge >= 0.3 is 5.97 Å². The van der Waals surface area contributed by atoms with Crippen LogP contribution in [0.5, 0.6) is 17.2 Å². The molecule has 1 fully saturated rings. The fourth-order valence-electron chi connectivity index (χ4n) is 4.08. The zero-order valence-electron chi connectivity index (χ0n) is 19.9. The summed E-state index contributed by atoms with van der Waals surface area (Å²) < 4.78 is 10.6. The first kappa shape index (κ1) is 28.1. The van der Waals surface area contributed by atoms with Crippen LogP contribution in [0.25, 0.3) is 0 Å². The number of ether oxygens (including phenoxy) is 2. The molecule has 1 saturated heterocycles. The Morgan fingerprint density at radius 1 is 0.892 bits per heavy atom. The van der Waals surface area contributed by atoms with E-state index in [1.165, 1.54) is 18.2 Å². The molecule has 0 spiro atoms. The quantitative estimate of drug-likeness (QED) is 0.217. The van der Waals surface area contributed by atoms with Crippen LogP contribution in [0.4, 0.5) is 0 Å². The van der Waals surface area contributed by atoms with Crippen LogP contribution in [0.3, 0.4) is 0 Å². The lowest BCUT2D eigenvalue weighted by molar-refractivity contribution is -0.262. The van der Waals surface area contributed by atoms with Gasteiger partial charge in [0, 0.05) is 18.8 Å². The van der Waals surface area contributed by atoms with E-state index in [-0.39, 0.29) is 54.5 Å². The number of carboxylic acids is 1. The third kappa shape index (κ3) is 7.49. The molecular weight excluding hydrogens is 488 g/mol. The van der Waals surface area contributed by atoms with Crippen molar-refractivity contribution < 1.29 is 54.5 Å². The zero-order valence-corrected chi connectivity index (χ0v) is 19.9. The van der Waals surface area contributed by atoms with Gasteiger partial charge in [-0.05, 0) is 48.2 Å². The van der Waals surface area contributed by atoms with Crippen molar-refractivity contribution in [2.45, 2.75) is 56.7 Å². The Morgan fingerprint density at radius 3 is 2.11 bits per heavy atom. The maximum atomic E-state index is 12.2. The molecule has 5 atom stereocenters. The zero-order chi connectivity index (χ0) is 27.1. The number of ketones is 2. The molecule has 0 amide bonds. The lowest BCUT2D eigenvalue weighted by Crippen LogP contribution is -2.59. The number of aliphatic hydroxyl groups is 3. The van der Waals surface area contributed by atoms with Crippen LogP contribution in [0.2, 0.25) is 0 Å². The van der Waals surface area contributed by atoms with Crippen molar-refractivity contribution in [1.29, 1.82) is 0 Å². The van der Waals surface area contributed by atoms with Crippen molar-refractivity contribution in [2.24, 2.45) is 5.92 Å². The van der Waals surface area contributed by atoms with Crippen LogP contribution >= 0.6 is 0 Å². The summed E-state index contributed by atoms with van der Waals surface area (Å²) >= 11 is 0. The Labute approximate surface area is 212 Å². The summed E-state index contributed by atoms with van der Waals surface area (Å²) in [5.74, 6) is -3.60. The fraction of sp³-hybridized carbons (Fsp3) is 0.423. The van der Waals surface area contributed by atoms with E-state index in [4.69, 9.17) is 9.47 Å². The number of carboxylic acid groups (broad SMARTS) is 1. The average Bonchev–Trinajstić information content (AvgIpc) is 2.85. The summed E-state index contributed by atoms with van der Waals surface area (Å²) in [7, 11) is 0. The van der Waals surface area contributed by atoms with Gasteiger partial charge in [-0.2, -0.15) is 0 Å². The number of hydrogen-bond acceptors (Lipinski definition) is 10. The Hall–Kier alpha value is -3.51. The highest BCUT2D eigenvalue weighted by atomic mass is 16.7. The molecule has 0 saturated carbocycles. The molecule has 1 heterocycles. The van der Waals surface area contributed by atoms with Gasteiger partial charge in [-0.3, -0.25) is 9.59 Å². The van der Waals surface area contributed by atoms with Gasteiger partial charge in [0.05, 0.1) is 19.1 Å². The van der Waals surface area contributed by atoms with Crippen LogP contribution in [-0.2, 0) is 32.0 Å². The maximum absolute atomic E-state index is 12.2. The van der Waals surface area contributed by atoms with Gasteiger partial charge in [0.1, 0.15) is 23.4 Å². The molecule has 2 aromatic carbocycles. The minimum atomic E-state index is -1.69. The van der Waals surface area contributed by atoms with Crippen molar-refractivity contribution in [3.05, 3.63) is 53.6 Å². The SMILES string of the molecule is O=C(CCc1cccc(O)c1)CC(=O)CCc1ccc(OC2OC(C(=O)O)C(CO)C(O)C2O)c(O)c1. The molecule has 11 heteroatoms. The van der Waals surface area contributed by atoms with Gasteiger partial charge in [-0.1, -0.05) is 18.2 Å². The van der Waals surface area contributed by atoms with Gasteiger partial charge in [-0.15, -0.1) is 0 Å². The number of hydrogen-bond donors (Lipinski definition) is 6. The Kier molecular flexibility index (Phi) is 9.59. The van der Waals surface area contributed by atoms with E-state index < -0.39 is 43.1 Å². The molecule has 5 unspecified atom stereocenters. The van der Waals surface area contributed by atoms with E-state index in [9.17, 15) is 45.0 Å². The standard InChI is InChI=1S/C26H30O11/c27-13-19-22(32)23(33)26(37-24(19)25(34)35)36-21-9-6-15(11-20(21)31)5-8-18(30)12-17(29)7-4-14-2-1-3-16(28)10-14/h1-3,6,9-11,19,22-24,26-28,31-33H,4-5,7-8,12-13H2,(H,34,35). The van der Waals surface area contributed by atoms with E-state index in [0.717, 1.165) is 5.56 Å². The molecule has 1 aliphatic rings. The second-order valence-corrected chi connectivity index (χ2v) is 8.93. The predicted molar refractivity (Wildman–Crippen MR) is 127 cm³/mol. The first-order chi connectivity index (χ1) is 17.6. The van der Waals surface area contributed by atoms with Crippen LogP contribution in [0, 0.1) is 5.92 Å². The van der Waals surface area contributed by atoms with Crippen molar-refractivity contribution >= 4 is 17.5 Å². The van der Waals surface area contributed by atoms with E-state index in [2.05, 4.69) is 0 Å². The number of carbonyl (C=O) groups is 3. The molecule has 0 aliphatic carbocycles. The molecule has 0 aromatic heterocycles. The largest absolute Gasteiger partial charge is 0.508 e. The van der Waals surface area contributed by atoms with E-state index in [1.807, 2.05) is 0 Å². The Morgan fingerprint density at radius 2 is 1.54 bits per heavy atom. The van der Waals surface area contributed by atoms with Gasteiger partial charge in [-0.25, -0.2) is 4.79 Å². The summed E-state index contributed by atoms with van der Waals surface area (Å²) in [5, 5.41) is 58.7. The first-order valence-electron chi connectivity index (χ1n) is 11.7. The number of aromatic hydroxyl groups is 2. The maximum Gasteiger partial charge on any atom is 0.333 e. The number of rotatable bonds is 12. The first-order valence-corrected chi connectivity index (χ1v) is 11.7. The molecule has 6 N–H and O–H groups in total. The Balaban J connectivity index is 1.51. The lowest BCUT2D eigenvalue weighted by Gasteiger charge is -2.40. The van der Waals surface area contributed by atoms with Gasteiger partial charge in [0.2, 0.25) is 6.29 Å². The summed E-state index contributed by atoms with van der Waals surface area (Å²) in [4.78, 5) is 35.8. The minimum Gasteiger partial charge on any atom is -0.508 e. The highest BCUT2D eigenvalue weighted by Crippen LogP contribution is 2.33. The summed E-state index contributed by atoms with van der Waals surface area (Å²) in [6, 6.07) is 10.8. The lowest BCUT2D eigenvalue weighted by atomic mass is 9.89. The van der Waals surface area contributed by atoms with E-state index >= 15 is 0 Å². The molecule has 0 bridgehead atoms. The number of Topliss-reactive ketones (excluding diaryl/α,β-unsaturated/α-hetero) is 2. The summed E-state index contributed by atoms with van der Waals surface area (Å²) in [6.45, 7) is -0.732. The minimum absolute atomic E-state index is 0.0665.